The highest BCUT2D eigenvalue weighted by molar-refractivity contribution is 6.04. The molecule has 3 rings (SSSR count). The van der Waals surface area contributed by atoms with Gasteiger partial charge in [0.25, 0.3) is 5.91 Å². The zero-order valence-electron chi connectivity index (χ0n) is 13.4. The van der Waals surface area contributed by atoms with Gasteiger partial charge < -0.3 is 14.5 Å². The third-order valence-electron chi connectivity index (χ3n) is 3.47. The minimum atomic E-state index is -4.78. The number of amides is 1. The van der Waals surface area contributed by atoms with Crippen molar-refractivity contribution in [3.8, 4) is 0 Å². The van der Waals surface area contributed by atoms with Gasteiger partial charge in [0.05, 0.1) is 7.11 Å². The molecular weight excluding hydrogens is 357 g/mol. The lowest BCUT2D eigenvalue weighted by molar-refractivity contribution is -0.144. The summed E-state index contributed by atoms with van der Waals surface area (Å²) in [5, 5.41) is 9.30. The molecule has 1 amide bonds. The van der Waals surface area contributed by atoms with Crippen LogP contribution in [0.4, 0.5) is 18.9 Å². The Kier molecular flexibility index (Phi) is 4.14. The average molecular weight is 368 g/mol. The number of furan rings is 1. The summed E-state index contributed by atoms with van der Waals surface area (Å²) in [6.45, 7) is 0. The number of nitrogens with one attached hydrogen (secondary N) is 1. The SMILES string of the molecule is COC(=O)c1cc2cc(NC(=O)c3nnn(C)c3C(F)(F)F)ccc2o1. The van der Waals surface area contributed by atoms with Crippen LogP contribution in [0, 0.1) is 0 Å². The van der Waals surface area contributed by atoms with Crippen molar-refractivity contribution in [2.24, 2.45) is 7.05 Å². The first-order valence-corrected chi connectivity index (χ1v) is 7.11. The molecule has 3 aromatic rings. The lowest BCUT2D eigenvalue weighted by Gasteiger charge is -2.08. The number of methoxy groups -OCH3 is 1. The Bertz CT molecular complexity index is 1010. The number of fused-ring (bicyclic) bond motifs is 1. The number of hydrogen-bond donors (Lipinski definition) is 1. The molecule has 0 saturated carbocycles. The van der Waals surface area contributed by atoms with Gasteiger partial charge in [0.1, 0.15) is 5.58 Å². The van der Waals surface area contributed by atoms with E-state index in [4.69, 9.17) is 4.42 Å². The van der Waals surface area contributed by atoms with Gasteiger partial charge in [0.15, 0.2) is 11.4 Å². The number of hydrogen-bond acceptors (Lipinski definition) is 6. The normalized spacial score (nSPS) is 11.6. The molecule has 0 aliphatic carbocycles. The quantitative estimate of drug-likeness (QED) is 0.714. The Labute approximate surface area is 143 Å². The molecular formula is C15H11F3N4O4. The number of alkyl halides is 3. The molecule has 136 valence electrons. The first kappa shape index (κ1) is 17.5. The second-order valence-corrected chi connectivity index (χ2v) is 5.22. The third-order valence-corrected chi connectivity index (χ3v) is 3.47. The number of nitrogens with zero attached hydrogens (tertiary/aromatic N) is 3. The Balaban J connectivity index is 1.90. The van der Waals surface area contributed by atoms with E-state index in [0.717, 1.165) is 7.05 Å². The summed E-state index contributed by atoms with van der Waals surface area (Å²) in [6.07, 6.45) is -4.78. The van der Waals surface area contributed by atoms with Crippen molar-refractivity contribution < 1.29 is 31.9 Å². The molecule has 0 spiro atoms. The first-order chi connectivity index (χ1) is 12.2. The number of carbonyl (C=O) groups is 2. The van der Waals surface area contributed by atoms with E-state index < -0.39 is 29.4 Å². The summed E-state index contributed by atoms with van der Waals surface area (Å²) in [4.78, 5) is 23.6. The highest BCUT2D eigenvalue weighted by atomic mass is 19.4. The summed E-state index contributed by atoms with van der Waals surface area (Å²) >= 11 is 0. The van der Waals surface area contributed by atoms with Crippen molar-refractivity contribution in [1.82, 2.24) is 15.0 Å². The fourth-order valence-electron chi connectivity index (χ4n) is 2.34. The van der Waals surface area contributed by atoms with Crippen LogP contribution in [0.15, 0.2) is 28.7 Å². The summed E-state index contributed by atoms with van der Waals surface area (Å²) in [6, 6.07) is 5.69. The lowest BCUT2D eigenvalue weighted by Crippen LogP contribution is -2.20. The predicted octanol–water partition coefficient (Wildman–Crippen LogP) is 2.62. The van der Waals surface area contributed by atoms with Crippen molar-refractivity contribution in [2.45, 2.75) is 6.18 Å². The fraction of sp³-hybridized carbons (Fsp3) is 0.200. The predicted molar refractivity (Wildman–Crippen MR) is 81.5 cm³/mol. The number of anilines is 1. The van der Waals surface area contributed by atoms with Gasteiger partial charge in [-0.05, 0) is 24.3 Å². The first-order valence-electron chi connectivity index (χ1n) is 7.11. The molecule has 0 atom stereocenters. The molecule has 0 aliphatic rings. The average Bonchev–Trinajstić information content (AvgIpc) is 3.16. The number of rotatable bonds is 3. The molecule has 0 fully saturated rings. The minimum absolute atomic E-state index is 0.0424. The van der Waals surface area contributed by atoms with Gasteiger partial charge in [-0.25, -0.2) is 9.48 Å². The van der Waals surface area contributed by atoms with Crippen molar-refractivity contribution in [3.05, 3.63) is 41.4 Å². The van der Waals surface area contributed by atoms with Crippen LogP contribution >= 0.6 is 0 Å². The lowest BCUT2D eigenvalue weighted by atomic mass is 10.2. The second-order valence-electron chi connectivity index (χ2n) is 5.22. The molecule has 0 bridgehead atoms. The van der Waals surface area contributed by atoms with Crippen LogP contribution in [0.25, 0.3) is 11.0 Å². The Hall–Kier alpha value is -3.37. The molecule has 0 saturated heterocycles. The van der Waals surface area contributed by atoms with E-state index in [9.17, 15) is 22.8 Å². The molecule has 0 unspecified atom stereocenters. The monoisotopic (exact) mass is 368 g/mol. The standard InChI is InChI=1S/C15H11F3N4O4/c1-22-12(15(16,17)18)11(20-21-22)13(23)19-8-3-4-9-7(5-8)6-10(26-9)14(24)25-2/h3-6H,1-2H3,(H,19,23). The molecule has 2 aromatic heterocycles. The third kappa shape index (κ3) is 3.10. The highest BCUT2D eigenvalue weighted by Gasteiger charge is 2.40. The van der Waals surface area contributed by atoms with Crippen molar-refractivity contribution in [3.63, 3.8) is 0 Å². The fourth-order valence-corrected chi connectivity index (χ4v) is 2.34. The molecule has 11 heteroatoms. The molecule has 8 nitrogen and oxygen atoms in total. The maximum Gasteiger partial charge on any atom is 0.435 e. The van der Waals surface area contributed by atoms with E-state index in [1.807, 2.05) is 0 Å². The van der Waals surface area contributed by atoms with E-state index >= 15 is 0 Å². The van der Waals surface area contributed by atoms with Gasteiger partial charge in [-0.2, -0.15) is 13.2 Å². The zero-order valence-corrected chi connectivity index (χ0v) is 13.4. The number of halogens is 3. The highest BCUT2D eigenvalue weighted by Crippen LogP contribution is 2.31. The smallest absolute Gasteiger partial charge is 0.435 e. The van der Waals surface area contributed by atoms with Crippen molar-refractivity contribution in [1.29, 1.82) is 0 Å². The van der Waals surface area contributed by atoms with Gasteiger partial charge in [0, 0.05) is 18.1 Å². The van der Waals surface area contributed by atoms with Crippen LogP contribution < -0.4 is 5.32 Å². The number of esters is 1. The largest absolute Gasteiger partial charge is 0.463 e. The summed E-state index contributed by atoms with van der Waals surface area (Å²) in [7, 11) is 2.23. The zero-order chi connectivity index (χ0) is 19.1. The van der Waals surface area contributed by atoms with Crippen molar-refractivity contribution in [2.75, 3.05) is 12.4 Å². The van der Waals surface area contributed by atoms with E-state index in [1.54, 1.807) is 0 Å². The van der Waals surface area contributed by atoms with E-state index in [1.165, 1.54) is 31.4 Å². The minimum Gasteiger partial charge on any atom is -0.463 e. The van der Waals surface area contributed by atoms with E-state index in [2.05, 4.69) is 20.4 Å². The Morgan fingerprint density at radius 3 is 2.65 bits per heavy atom. The van der Waals surface area contributed by atoms with Crippen LogP contribution in [-0.2, 0) is 18.0 Å². The number of aromatic nitrogens is 3. The molecule has 0 aliphatic heterocycles. The number of aryl methyl sites for hydroxylation is 1. The summed E-state index contributed by atoms with van der Waals surface area (Å²) < 4.78 is 49.4. The molecule has 2 heterocycles. The maximum atomic E-state index is 13.0. The molecule has 1 aromatic carbocycles. The van der Waals surface area contributed by atoms with Crippen LogP contribution in [0.5, 0.6) is 0 Å². The van der Waals surface area contributed by atoms with Gasteiger partial charge in [-0.15, -0.1) is 5.10 Å². The van der Waals surface area contributed by atoms with Crippen LogP contribution in [0.3, 0.4) is 0 Å². The van der Waals surface area contributed by atoms with Crippen LogP contribution in [-0.4, -0.2) is 34.0 Å². The molecule has 1 N–H and O–H groups in total. The van der Waals surface area contributed by atoms with E-state index in [0.29, 0.717) is 15.7 Å². The Morgan fingerprint density at radius 1 is 1.27 bits per heavy atom. The van der Waals surface area contributed by atoms with Gasteiger partial charge >= 0.3 is 12.1 Å². The Morgan fingerprint density at radius 2 is 2.00 bits per heavy atom. The summed E-state index contributed by atoms with van der Waals surface area (Å²) in [5.74, 6) is -1.79. The van der Waals surface area contributed by atoms with Gasteiger partial charge in [-0.3, -0.25) is 4.79 Å². The number of benzene rings is 1. The van der Waals surface area contributed by atoms with Crippen LogP contribution in [0.1, 0.15) is 26.7 Å². The molecule has 26 heavy (non-hydrogen) atoms. The number of ether oxygens (including phenoxy) is 1. The second kappa shape index (κ2) is 6.17. The van der Waals surface area contributed by atoms with Crippen LogP contribution in [0.2, 0.25) is 0 Å². The maximum absolute atomic E-state index is 13.0. The van der Waals surface area contributed by atoms with Crippen molar-refractivity contribution >= 4 is 28.5 Å². The van der Waals surface area contributed by atoms with Gasteiger partial charge in [0.2, 0.25) is 5.76 Å². The topological polar surface area (TPSA) is 99.2 Å². The number of carbonyl (C=O) groups excluding carboxylic acids is 2. The summed E-state index contributed by atoms with van der Waals surface area (Å²) in [5.41, 5.74) is -1.56. The molecule has 0 radical (unpaired) electrons. The van der Waals surface area contributed by atoms with E-state index in [-0.39, 0.29) is 11.4 Å². The van der Waals surface area contributed by atoms with Gasteiger partial charge in [-0.1, -0.05) is 5.21 Å².